The molecule has 2 nitrogen and oxygen atoms in total. The molecule has 0 heterocycles. The van der Waals surface area contributed by atoms with Gasteiger partial charge in [0.1, 0.15) is 5.78 Å². The van der Waals surface area contributed by atoms with E-state index in [1.54, 1.807) is 0 Å². The van der Waals surface area contributed by atoms with Crippen molar-refractivity contribution in [2.75, 3.05) is 0 Å². The van der Waals surface area contributed by atoms with E-state index in [1.807, 2.05) is 6.92 Å². The molecule has 4 aliphatic rings. The lowest BCUT2D eigenvalue weighted by Crippen LogP contribution is -2.55. The first-order valence-electron chi connectivity index (χ1n) is 13.0. The van der Waals surface area contributed by atoms with Crippen LogP contribution in [0.25, 0.3) is 0 Å². The van der Waals surface area contributed by atoms with Crippen molar-refractivity contribution in [3.8, 4) is 0 Å². The first kappa shape index (κ1) is 23.0. The van der Waals surface area contributed by atoms with Gasteiger partial charge >= 0.3 is 0 Å². The molecule has 0 aromatic rings. The van der Waals surface area contributed by atoms with E-state index in [4.69, 9.17) is 4.43 Å². The number of Topliss-reactive ketones (excluding diaryl/α,β-unsaturated/α-hetero) is 1. The summed E-state index contributed by atoms with van der Waals surface area (Å²) in [4.78, 5) is 12.4. The lowest BCUT2D eigenvalue weighted by atomic mass is 9.44. The molecule has 0 bridgehead atoms. The zero-order chi connectivity index (χ0) is 22.1. The second-order valence-corrected chi connectivity index (χ2v) is 18.5. The number of fused-ring (bicyclic) bond motifs is 5. The molecular weight excluding hydrogens is 384 g/mol. The minimum absolute atomic E-state index is 0.291. The van der Waals surface area contributed by atoms with Crippen molar-refractivity contribution in [2.24, 2.45) is 40.4 Å². The third kappa shape index (κ3) is 3.49. The van der Waals surface area contributed by atoms with Crippen molar-refractivity contribution in [3.63, 3.8) is 0 Å². The van der Waals surface area contributed by atoms with Gasteiger partial charge in [0.05, 0.1) is 0 Å². The van der Waals surface area contributed by atoms with E-state index in [2.05, 4.69) is 47.7 Å². The molecule has 3 heteroatoms. The predicted molar refractivity (Wildman–Crippen MR) is 128 cm³/mol. The Morgan fingerprint density at radius 3 is 2.17 bits per heavy atom. The van der Waals surface area contributed by atoms with E-state index < -0.39 is 8.32 Å². The fraction of sp³-hybridized carbons (Fsp3) is 0.963. The number of hydrogen-bond donors (Lipinski definition) is 0. The molecular formula is C27H48O2Si. The molecule has 0 spiro atoms. The number of carbonyl (C=O) groups excluding carboxylic acids is 1. The van der Waals surface area contributed by atoms with Gasteiger partial charge < -0.3 is 4.43 Å². The zero-order valence-corrected chi connectivity index (χ0v) is 22.1. The molecule has 8 atom stereocenters. The summed E-state index contributed by atoms with van der Waals surface area (Å²) < 4.78 is 6.90. The third-order valence-electron chi connectivity index (χ3n) is 11.4. The van der Waals surface area contributed by atoms with Crippen LogP contribution >= 0.6 is 0 Å². The maximum absolute atomic E-state index is 12.4. The molecule has 0 saturated heterocycles. The molecule has 4 rings (SSSR count). The second-order valence-electron chi connectivity index (χ2n) is 13.7. The Morgan fingerprint density at radius 1 is 0.900 bits per heavy atom. The van der Waals surface area contributed by atoms with Gasteiger partial charge in [-0.15, -0.1) is 0 Å². The van der Waals surface area contributed by atoms with Crippen molar-refractivity contribution < 1.29 is 9.22 Å². The van der Waals surface area contributed by atoms with Gasteiger partial charge in [0.2, 0.25) is 0 Å². The Bertz CT molecular complexity index is 679. The molecule has 0 aromatic heterocycles. The molecule has 30 heavy (non-hydrogen) atoms. The Hall–Kier alpha value is -0.153. The molecule has 0 N–H and O–H groups in total. The lowest BCUT2D eigenvalue weighted by Gasteiger charge is -2.61. The molecule has 2 unspecified atom stereocenters. The Kier molecular flexibility index (Phi) is 5.71. The van der Waals surface area contributed by atoms with E-state index in [0.717, 1.165) is 30.1 Å². The molecule has 0 radical (unpaired) electrons. The second kappa shape index (κ2) is 7.44. The molecule has 0 aliphatic heterocycles. The molecule has 4 saturated carbocycles. The van der Waals surface area contributed by atoms with Crippen LogP contribution in [0.2, 0.25) is 18.1 Å². The van der Waals surface area contributed by atoms with Gasteiger partial charge in [0.25, 0.3) is 0 Å². The van der Waals surface area contributed by atoms with Crippen LogP contribution in [0, 0.1) is 40.4 Å². The van der Waals surface area contributed by atoms with Crippen molar-refractivity contribution in [1.29, 1.82) is 0 Å². The minimum atomic E-state index is -1.69. The quantitative estimate of drug-likeness (QED) is 0.429. The van der Waals surface area contributed by atoms with Crippen LogP contribution in [0.1, 0.15) is 99.3 Å². The standard InChI is InChI=1S/C27H48O2Si/c1-18(28)22-11-12-23-21-10-9-19-17-20(29-30(7,8)25(2,3)4)13-15-26(19,5)24(21)14-16-27(22,23)6/h19-24H,9-17H2,1-8H3/t19?,20?,21-,22+,23-,24-,26-,27+/m0/s1. The largest absolute Gasteiger partial charge is 0.414 e. The Morgan fingerprint density at radius 2 is 1.53 bits per heavy atom. The molecule has 4 fully saturated rings. The van der Waals surface area contributed by atoms with Gasteiger partial charge in [-0.1, -0.05) is 34.6 Å². The fourth-order valence-electron chi connectivity index (χ4n) is 8.59. The lowest BCUT2D eigenvalue weighted by molar-refractivity contribution is -0.137. The predicted octanol–water partition coefficient (Wildman–Crippen LogP) is 7.62. The average Bonchev–Trinajstić information content (AvgIpc) is 2.98. The molecule has 0 amide bonds. The van der Waals surface area contributed by atoms with Gasteiger partial charge in [-0.3, -0.25) is 4.79 Å². The summed E-state index contributed by atoms with van der Waals surface area (Å²) in [6, 6.07) is 0. The summed E-state index contributed by atoms with van der Waals surface area (Å²) in [5.41, 5.74) is 0.796. The number of rotatable bonds is 3. The van der Waals surface area contributed by atoms with E-state index >= 15 is 0 Å². The summed E-state index contributed by atoms with van der Waals surface area (Å²) in [7, 11) is -1.69. The van der Waals surface area contributed by atoms with Crippen LogP contribution in [-0.4, -0.2) is 20.2 Å². The number of hydrogen-bond acceptors (Lipinski definition) is 2. The summed E-state index contributed by atoms with van der Waals surface area (Å²) in [5.74, 6) is 4.19. The Balaban J connectivity index is 1.48. The monoisotopic (exact) mass is 432 g/mol. The highest BCUT2D eigenvalue weighted by atomic mass is 28.4. The van der Waals surface area contributed by atoms with Gasteiger partial charge in [-0.25, -0.2) is 0 Å². The van der Waals surface area contributed by atoms with Crippen molar-refractivity contribution in [3.05, 3.63) is 0 Å². The maximum atomic E-state index is 12.4. The van der Waals surface area contributed by atoms with Gasteiger partial charge in [0.15, 0.2) is 8.32 Å². The van der Waals surface area contributed by atoms with Gasteiger partial charge in [0, 0.05) is 12.0 Å². The van der Waals surface area contributed by atoms with Crippen LogP contribution < -0.4 is 0 Å². The first-order chi connectivity index (χ1) is 13.8. The van der Waals surface area contributed by atoms with Crippen LogP contribution in [0.4, 0.5) is 0 Å². The number of carbonyl (C=O) groups is 1. The van der Waals surface area contributed by atoms with Crippen LogP contribution in [-0.2, 0) is 9.22 Å². The summed E-state index contributed by atoms with van der Waals surface area (Å²) in [6.07, 6.45) is 12.3. The van der Waals surface area contributed by atoms with E-state index in [-0.39, 0.29) is 0 Å². The van der Waals surface area contributed by atoms with Crippen LogP contribution in [0.3, 0.4) is 0 Å². The summed E-state index contributed by atoms with van der Waals surface area (Å²) >= 11 is 0. The summed E-state index contributed by atoms with van der Waals surface area (Å²) in [6.45, 7) is 18.9. The highest BCUT2D eigenvalue weighted by Gasteiger charge is 2.61. The normalized spacial score (nSPS) is 46.7. The van der Waals surface area contributed by atoms with Crippen molar-refractivity contribution in [1.82, 2.24) is 0 Å². The fourth-order valence-corrected chi connectivity index (χ4v) is 9.99. The maximum Gasteiger partial charge on any atom is 0.192 e. The topological polar surface area (TPSA) is 26.3 Å². The van der Waals surface area contributed by atoms with Crippen molar-refractivity contribution in [2.45, 2.75) is 124 Å². The van der Waals surface area contributed by atoms with Gasteiger partial charge in [-0.2, -0.15) is 0 Å². The van der Waals surface area contributed by atoms with Crippen LogP contribution in [0.5, 0.6) is 0 Å². The Labute approximate surface area is 187 Å². The smallest absolute Gasteiger partial charge is 0.192 e. The first-order valence-corrected chi connectivity index (χ1v) is 15.9. The summed E-state index contributed by atoms with van der Waals surface area (Å²) in [5, 5.41) is 0.301. The third-order valence-corrected chi connectivity index (χ3v) is 15.9. The molecule has 0 aromatic carbocycles. The zero-order valence-electron chi connectivity index (χ0n) is 21.1. The molecule has 4 aliphatic carbocycles. The highest BCUT2D eigenvalue weighted by Crippen LogP contribution is 2.67. The van der Waals surface area contributed by atoms with Gasteiger partial charge in [-0.05, 0) is 117 Å². The van der Waals surface area contributed by atoms with E-state index in [9.17, 15) is 4.79 Å². The van der Waals surface area contributed by atoms with E-state index in [0.29, 0.717) is 33.7 Å². The van der Waals surface area contributed by atoms with Crippen molar-refractivity contribution >= 4 is 14.1 Å². The van der Waals surface area contributed by atoms with Crippen LogP contribution in [0.15, 0.2) is 0 Å². The highest BCUT2D eigenvalue weighted by molar-refractivity contribution is 6.74. The number of ketones is 1. The van der Waals surface area contributed by atoms with E-state index in [1.165, 1.54) is 51.4 Å². The molecule has 172 valence electrons. The minimum Gasteiger partial charge on any atom is -0.414 e. The average molecular weight is 433 g/mol. The SMILES string of the molecule is CC(=O)[C@H]1CC[C@H]2[C@@H]3CCC4CC(O[Si](C)(C)C(C)(C)C)CC[C@]4(C)[C@H]3CC[C@]12C.